The Morgan fingerprint density at radius 2 is 1.06 bits per heavy atom. The SMILES string of the molecule is CC(=O)CCCCCN1CCC(OC(=O)CC(C)N(C)C)C1.CCCCCCCCC(CCCCCCCC)OC(=O)CCCCCCCOC=O.CCCCCCCCCCCC(C)CC. The third-order valence-electron chi connectivity index (χ3n) is 13.6. The van der Waals surface area contributed by atoms with Crippen molar-refractivity contribution in [1.29, 1.82) is 0 Å². The maximum Gasteiger partial charge on any atom is 0.307 e. The lowest BCUT2D eigenvalue weighted by Gasteiger charge is -2.20. The first kappa shape index (κ1) is 67.1. The van der Waals surface area contributed by atoms with Gasteiger partial charge in [0.25, 0.3) is 6.47 Å². The monoisotopic (exact) mass is 951 g/mol. The average Bonchev–Trinajstić information content (AvgIpc) is 3.75. The van der Waals surface area contributed by atoms with Gasteiger partial charge in [0.2, 0.25) is 0 Å². The summed E-state index contributed by atoms with van der Waals surface area (Å²) in [6.45, 7) is 19.1. The Labute approximate surface area is 416 Å². The van der Waals surface area contributed by atoms with E-state index in [4.69, 9.17) is 9.47 Å². The molecule has 398 valence electrons. The molecule has 1 heterocycles. The minimum atomic E-state index is -0.0884. The van der Waals surface area contributed by atoms with Crippen molar-refractivity contribution < 1.29 is 33.4 Å². The Morgan fingerprint density at radius 3 is 1.55 bits per heavy atom. The van der Waals surface area contributed by atoms with Gasteiger partial charge in [0.1, 0.15) is 18.0 Å². The molecular weight excluding hydrogens is 837 g/mol. The molecule has 0 bridgehead atoms. The van der Waals surface area contributed by atoms with E-state index in [1.165, 1.54) is 148 Å². The van der Waals surface area contributed by atoms with Crippen LogP contribution in [0.15, 0.2) is 0 Å². The van der Waals surface area contributed by atoms with E-state index in [1.54, 1.807) is 6.92 Å². The van der Waals surface area contributed by atoms with Gasteiger partial charge in [-0.2, -0.15) is 0 Å². The Bertz CT molecular complexity index is 1070. The van der Waals surface area contributed by atoms with Gasteiger partial charge in [-0.05, 0) is 98.2 Å². The average molecular weight is 952 g/mol. The van der Waals surface area contributed by atoms with Crippen LogP contribution in [0.4, 0.5) is 0 Å². The highest BCUT2D eigenvalue weighted by molar-refractivity contribution is 5.75. The molecule has 0 aromatic heterocycles. The molecule has 0 saturated carbocycles. The van der Waals surface area contributed by atoms with E-state index in [1.807, 2.05) is 25.9 Å². The first-order valence-corrected chi connectivity index (χ1v) is 28.8. The molecule has 67 heavy (non-hydrogen) atoms. The fourth-order valence-electron chi connectivity index (χ4n) is 8.49. The molecular formula is C58H114N2O7. The molecule has 3 unspecified atom stereocenters. The van der Waals surface area contributed by atoms with E-state index in [-0.39, 0.29) is 36.0 Å². The number of hydrogen-bond donors (Lipinski definition) is 0. The second-order valence-electron chi connectivity index (χ2n) is 20.6. The zero-order valence-corrected chi connectivity index (χ0v) is 46.1. The van der Waals surface area contributed by atoms with Crippen LogP contribution in [0.2, 0.25) is 0 Å². The van der Waals surface area contributed by atoms with Crippen molar-refractivity contribution in [3.05, 3.63) is 0 Å². The van der Waals surface area contributed by atoms with E-state index in [0.717, 1.165) is 96.2 Å². The van der Waals surface area contributed by atoms with Crippen LogP contribution in [0.1, 0.15) is 286 Å². The molecule has 1 rings (SSSR count). The third kappa shape index (κ3) is 50.2. The van der Waals surface area contributed by atoms with E-state index < -0.39 is 0 Å². The number of ether oxygens (including phenoxy) is 3. The highest BCUT2D eigenvalue weighted by Gasteiger charge is 2.26. The van der Waals surface area contributed by atoms with Gasteiger partial charge in [-0.25, -0.2) is 0 Å². The molecule has 0 aliphatic carbocycles. The van der Waals surface area contributed by atoms with Crippen LogP contribution in [0.25, 0.3) is 0 Å². The largest absolute Gasteiger partial charge is 0.468 e. The van der Waals surface area contributed by atoms with Crippen LogP contribution >= 0.6 is 0 Å². The minimum Gasteiger partial charge on any atom is -0.468 e. The molecule has 1 saturated heterocycles. The molecule has 1 fully saturated rings. The summed E-state index contributed by atoms with van der Waals surface area (Å²) in [5, 5.41) is 0. The normalized spacial score (nSPS) is 14.5. The number of nitrogens with zero attached hydrogens (tertiary/aromatic N) is 2. The predicted octanol–water partition coefficient (Wildman–Crippen LogP) is 16.0. The van der Waals surface area contributed by atoms with Crippen molar-refractivity contribution >= 4 is 24.2 Å². The zero-order chi connectivity index (χ0) is 50.0. The van der Waals surface area contributed by atoms with Crippen molar-refractivity contribution in [3.63, 3.8) is 0 Å². The standard InChI is InChI=1S/C26H50O4.C17H32N2O3.C15H32/c1-3-5-7-9-12-16-20-25(21-17-13-10-8-6-4-2)30-26(28)22-18-14-11-15-19-23-29-24-27;1-14(18(3)4)12-17(21)22-16-9-11-19(13-16)10-7-5-6-8-15(2)20;1-4-6-7-8-9-10-11-12-13-14-15(3)5-2/h24-25H,3-23H2,1-2H3;14,16H,5-13H2,1-4H3;15H,4-14H2,1-3H3. The fourth-order valence-corrected chi connectivity index (χ4v) is 8.49. The highest BCUT2D eigenvalue weighted by atomic mass is 16.5. The summed E-state index contributed by atoms with van der Waals surface area (Å²) in [6, 6.07) is 0.214. The van der Waals surface area contributed by atoms with Crippen LogP contribution < -0.4 is 0 Å². The fraction of sp³-hybridized carbons (Fsp3) is 0.931. The molecule has 0 amide bonds. The zero-order valence-electron chi connectivity index (χ0n) is 46.1. The van der Waals surface area contributed by atoms with Crippen LogP contribution in [0.3, 0.4) is 0 Å². The lowest BCUT2D eigenvalue weighted by Crippen LogP contribution is -2.30. The number of hydrogen-bond acceptors (Lipinski definition) is 9. The van der Waals surface area contributed by atoms with Gasteiger partial charge in [-0.15, -0.1) is 0 Å². The summed E-state index contributed by atoms with van der Waals surface area (Å²) in [6.07, 6.45) is 44.3. The lowest BCUT2D eigenvalue weighted by atomic mass is 9.99. The van der Waals surface area contributed by atoms with E-state index >= 15 is 0 Å². The molecule has 1 aliphatic rings. The number of carbonyl (C=O) groups excluding carboxylic acids is 4. The van der Waals surface area contributed by atoms with Crippen molar-refractivity contribution in [2.24, 2.45) is 5.92 Å². The number of Topliss-reactive ketones (excluding diaryl/α,β-unsaturated/α-hetero) is 1. The first-order chi connectivity index (χ1) is 32.4. The number of likely N-dealkylation sites (tertiary alicyclic amines) is 1. The lowest BCUT2D eigenvalue weighted by molar-refractivity contribution is -0.150. The molecule has 1 aliphatic heterocycles. The molecule has 0 radical (unpaired) electrons. The maximum atomic E-state index is 12.3. The highest BCUT2D eigenvalue weighted by Crippen LogP contribution is 2.20. The molecule has 3 atom stereocenters. The van der Waals surface area contributed by atoms with Gasteiger partial charge in [0.05, 0.1) is 13.0 Å². The maximum absolute atomic E-state index is 12.3. The van der Waals surface area contributed by atoms with Gasteiger partial charge in [0.15, 0.2) is 0 Å². The summed E-state index contributed by atoms with van der Waals surface area (Å²) in [5.41, 5.74) is 0. The van der Waals surface area contributed by atoms with Crippen LogP contribution in [0.5, 0.6) is 0 Å². The summed E-state index contributed by atoms with van der Waals surface area (Å²) in [7, 11) is 3.95. The molecule has 9 heteroatoms. The van der Waals surface area contributed by atoms with Crippen LogP contribution in [0, 0.1) is 5.92 Å². The van der Waals surface area contributed by atoms with Crippen LogP contribution in [-0.2, 0) is 33.4 Å². The Kier molecular flexibility index (Phi) is 51.9. The second-order valence-corrected chi connectivity index (χ2v) is 20.6. The van der Waals surface area contributed by atoms with E-state index in [9.17, 15) is 19.2 Å². The number of esters is 2. The Morgan fingerprint density at radius 1 is 0.597 bits per heavy atom. The van der Waals surface area contributed by atoms with Gasteiger partial charge < -0.3 is 23.9 Å². The molecule has 0 aromatic rings. The molecule has 9 nitrogen and oxygen atoms in total. The second kappa shape index (κ2) is 51.8. The van der Waals surface area contributed by atoms with E-state index in [2.05, 4.69) is 44.3 Å². The van der Waals surface area contributed by atoms with Crippen molar-refractivity contribution in [2.45, 2.75) is 304 Å². The summed E-state index contributed by atoms with van der Waals surface area (Å²) >= 11 is 0. The molecule has 0 N–H and O–H groups in total. The topological polar surface area (TPSA) is 102 Å². The molecule has 0 aromatic carbocycles. The number of unbranched alkanes of at least 4 members (excludes halogenated alkanes) is 24. The summed E-state index contributed by atoms with van der Waals surface area (Å²) in [5.74, 6) is 1.13. The van der Waals surface area contributed by atoms with Gasteiger partial charge in [-0.1, -0.05) is 195 Å². The van der Waals surface area contributed by atoms with Gasteiger partial charge >= 0.3 is 11.9 Å². The third-order valence-corrected chi connectivity index (χ3v) is 13.6. The van der Waals surface area contributed by atoms with Crippen molar-refractivity contribution in [2.75, 3.05) is 40.3 Å². The predicted molar refractivity (Wildman–Crippen MR) is 285 cm³/mol. The summed E-state index contributed by atoms with van der Waals surface area (Å²) < 4.78 is 16.1. The number of ketones is 1. The van der Waals surface area contributed by atoms with Crippen molar-refractivity contribution in [1.82, 2.24) is 9.80 Å². The van der Waals surface area contributed by atoms with Gasteiger partial charge in [-0.3, -0.25) is 19.3 Å². The Hall–Kier alpha value is -2.00. The molecule has 0 spiro atoms. The van der Waals surface area contributed by atoms with Gasteiger partial charge in [0, 0.05) is 32.0 Å². The number of carbonyl (C=O) groups is 4. The number of rotatable bonds is 45. The Balaban J connectivity index is 0. The van der Waals surface area contributed by atoms with E-state index in [0.29, 0.717) is 32.3 Å². The van der Waals surface area contributed by atoms with Crippen molar-refractivity contribution in [3.8, 4) is 0 Å². The first-order valence-electron chi connectivity index (χ1n) is 28.8. The summed E-state index contributed by atoms with van der Waals surface area (Å²) in [4.78, 5) is 49.5. The minimum absolute atomic E-state index is 0.0127. The smallest absolute Gasteiger partial charge is 0.307 e. The quantitative estimate of drug-likeness (QED) is 0.0255. The van der Waals surface area contributed by atoms with Crippen LogP contribution in [-0.4, -0.2) is 92.6 Å².